The molecule has 0 amide bonds. The zero-order valence-electron chi connectivity index (χ0n) is 21.5. The number of benzene rings is 2. The zero-order chi connectivity index (χ0) is 25.1. The first-order chi connectivity index (χ1) is 14.8. The van der Waals surface area contributed by atoms with Crippen molar-refractivity contribution in [3.05, 3.63) is 52.1 Å². The molecule has 0 aliphatic carbocycles. The van der Waals surface area contributed by atoms with Gasteiger partial charge in [0.15, 0.2) is 0 Å². The first-order valence-corrected chi connectivity index (χ1v) is 11.1. The highest BCUT2D eigenvalue weighted by atomic mass is 16.5. The van der Waals surface area contributed by atoms with E-state index in [0.717, 1.165) is 47.0 Å². The molecule has 2 aromatic rings. The number of phenols is 1. The molecule has 1 unspecified atom stereocenters. The number of ether oxygens (including phenoxy) is 1. The van der Waals surface area contributed by atoms with E-state index in [4.69, 9.17) is 15.6 Å². The van der Waals surface area contributed by atoms with Gasteiger partial charge in [-0.25, -0.2) is 0 Å². The van der Waals surface area contributed by atoms with E-state index in [0.29, 0.717) is 17.9 Å². The minimum absolute atomic E-state index is 0.295. The number of carbonyl (C=O) groups is 1. The third kappa shape index (κ3) is 11.6. The Morgan fingerprint density at radius 3 is 1.58 bits per heavy atom. The van der Waals surface area contributed by atoms with E-state index in [1.807, 2.05) is 93.5 Å². The van der Waals surface area contributed by atoms with Gasteiger partial charge in [-0.2, -0.15) is 0 Å². The van der Waals surface area contributed by atoms with Crippen LogP contribution in [0.15, 0.2) is 24.3 Å². The van der Waals surface area contributed by atoms with Gasteiger partial charge in [-0.1, -0.05) is 53.7 Å². The zero-order valence-corrected chi connectivity index (χ0v) is 21.5. The van der Waals surface area contributed by atoms with Crippen molar-refractivity contribution in [1.29, 1.82) is 0 Å². The molecule has 0 heterocycles. The summed E-state index contributed by atoms with van der Waals surface area (Å²) in [6, 6.07) is 7.13. The molecule has 0 saturated heterocycles. The molecule has 0 aliphatic heterocycles. The quantitative estimate of drug-likeness (QED) is 0.488. The van der Waals surface area contributed by atoms with Crippen molar-refractivity contribution in [3.63, 3.8) is 0 Å². The van der Waals surface area contributed by atoms with Crippen LogP contribution in [0, 0.1) is 27.7 Å². The van der Waals surface area contributed by atoms with Crippen LogP contribution in [0.4, 0.5) is 0 Å². The van der Waals surface area contributed by atoms with Gasteiger partial charge in [0, 0.05) is 7.11 Å². The number of aromatic hydroxyl groups is 1. The number of aliphatic hydroxyl groups excluding tert-OH is 1. The summed E-state index contributed by atoms with van der Waals surface area (Å²) >= 11 is 0. The monoisotopic (exact) mass is 435 g/mol. The van der Waals surface area contributed by atoms with Gasteiger partial charge in [0.2, 0.25) is 0 Å². The lowest BCUT2D eigenvalue weighted by Gasteiger charge is -2.16. The fraction of sp³-hybridized carbons (Fsp3) is 0.500. The highest BCUT2D eigenvalue weighted by molar-refractivity contribution is 5.58. The number of hydrogen-bond donors (Lipinski definition) is 3. The number of carbonyl (C=O) groups excluding carboxylic acids is 1. The van der Waals surface area contributed by atoms with Crippen molar-refractivity contribution < 1.29 is 19.7 Å². The lowest BCUT2D eigenvalue weighted by molar-refractivity contribution is -0.108. The minimum atomic E-state index is -0.483. The van der Waals surface area contributed by atoms with Crippen LogP contribution in [0.2, 0.25) is 0 Å². The predicted octanol–water partition coefficient (Wildman–Crippen LogP) is 6.17. The first-order valence-electron chi connectivity index (χ1n) is 11.1. The van der Waals surface area contributed by atoms with Crippen molar-refractivity contribution >= 4 is 6.29 Å². The molecule has 5 nitrogen and oxygen atoms in total. The molecule has 5 heteroatoms. The molecular weight excluding hydrogens is 390 g/mol. The van der Waals surface area contributed by atoms with E-state index in [9.17, 15) is 9.90 Å². The summed E-state index contributed by atoms with van der Waals surface area (Å²) in [5.74, 6) is 1.78. The summed E-state index contributed by atoms with van der Waals surface area (Å²) < 4.78 is 6.03. The van der Waals surface area contributed by atoms with Crippen molar-refractivity contribution in [2.45, 2.75) is 81.7 Å². The van der Waals surface area contributed by atoms with Gasteiger partial charge in [-0.05, 0) is 74.1 Å². The third-order valence-corrected chi connectivity index (χ3v) is 3.85. The Hall–Kier alpha value is -2.37. The van der Waals surface area contributed by atoms with E-state index in [2.05, 4.69) is 0 Å². The Labute approximate surface area is 190 Å². The van der Waals surface area contributed by atoms with Crippen LogP contribution in [0.25, 0.3) is 0 Å². The topological polar surface area (TPSA) is 92.8 Å². The number of hydrogen-bond acceptors (Lipinski definition) is 5. The molecule has 4 N–H and O–H groups in total. The van der Waals surface area contributed by atoms with Crippen molar-refractivity contribution in [1.82, 2.24) is 0 Å². The smallest absolute Gasteiger partial charge is 0.137 e. The van der Waals surface area contributed by atoms with Gasteiger partial charge in [0.25, 0.3) is 0 Å². The number of aliphatic hydroxyl groups is 1. The molecule has 0 bridgehead atoms. The maximum atomic E-state index is 10.7. The molecular formula is C26H45NO4. The van der Waals surface area contributed by atoms with Crippen LogP contribution in [0.5, 0.6) is 17.2 Å². The second-order valence-electron chi connectivity index (χ2n) is 6.07. The molecule has 0 fully saturated rings. The summed E-state index contributed by atoms with van der Waals surface area (Å²) in [4.78, 5) is 10.7. The average molecular weight is 436 g/mol. The SMILES string of the molecule is CC.CC.CC.CO.Cc1cc(Oc2c(C)cc(CC(N)C=O)cc2C)cc(C)c1O. The predicted molar refractivity (Wildman–Crippen MR) is 134 cm³/mol. The Bertz CT molecular complexity index is 696. The summed E-state index contributed by atoms with van der Waals surface area (Å²) in [5.41, 5.74) is 10.2. The third-order valence-electron chi connectivity index (χ3n) is 3.85. The van der Waals surface area contributed by atoms with Crippen LogP contribution in [0.1, 0.15) is 69.4 Å². The fourth-order valence-electron chi connectivity index (χ4n) is 2.73. The normalized spacial score (nSPS) is 9.71. The summed E-state index contributed by atoms with van der Waals surface area (Å²) in [7, 11) is 1.00. The van der Waals surface area contributed by atoms with E-state index in [1.165, 1.54) is 0 Å². The highest BCUT2D eigenvalue weighted by Crippen LogP contribution is 2.33. The van der Waals surface area contributed by atoms with Crippen LogP contribution in [-0.4, -0.2) is 29.7 Å². The summed E-state index contributed by atoms with van der Waals surface area (Å²) in [6.07, 6.45) is 1.28. The van der Waals surface area contributed by atoms with Crippen LogP contribution in [0.3, 0.4) is 0 Å². The van der Waals surface area contributed by atoms with Crippen molar-refractivity contribution in [2.75, 3.05) is 7.11 Å². The second kappa shape index (κ2) is 19.6. The molecule has 0 spiro atoms. The lowest BCUT2D eigenvalue weighted by Crippen LogP contribution is -2.24. The number of rotatable bonds is 5. The Morgan fingerprint density at radius 1 is 0.839 bits per heavy atom. The standard InChI is InChI=1S/C19H23NO3.3C2H6.CH4O/c1-11-7-17(8-12(2)18(11)22)23-19-13(3)5-15(6-14(19)4)9-16(20)10-21;4*1-2/h5-8,10,16,22H,9,20H2,1-4H3;3*1-2H3;2H,1H3. The molecule has 0 aromatic heterocycles. The van der Waals surface area contributed by atoms with Crippen LogP contribution >= 0.6 is 0 Å². The van der Waals surface area contributed by atoms with Gasteiger partial charge in [0.05, 0.1) is 6.04 Å². The van der Waals surface area contributed by atoms with Crippen molar-refractivity contribution in [3.8, 4) is 17.2 Å². The summed E-state index contributed by atoms with van der Waals surface area (Å²) in [6.45, 7) is 19.6. The second-order valence-corrected chi connectivity index (χ2v) is 6.07. The van der Waals surface area contributed by atoms with Gasteiger partial charge >= 0.3 is 0 Å². The minimum Gasteiger partial charge on any atom is -0.507 e. The van der Waals surface area contributed by atoms with E-state index >= 15 is 0 Å². The number of aldehydes is 1. The molecule has 2 aromatic carbocycles. The fourth-order valence-corrected chi connectivity index (χ4v) is 2.73. The van der Waals surface area contributed by atoms with Gasteiger partial charge in [-0.3, -0.25) is 0 Å². The highest BCUT2D eigenvalue weighted by Gasteiger charge is 2.11. The molecule has 178 valence electrons. The Morgan fingerprint density at radius 2 is 1.23 bits per heavy atom. The Balaban J connectivity index is -0.000000879. The van der Waals surface area contributed by atoms with E-state index < -0.39 is 6.04 Å². The maximum absolute atomic E-state index is 10.7. The largest absolute Gasteiger partial charge is 0.507 e. The van der Waals surface area contributed by atoms with Crippen molar-refractivity contribution in [2.24, 2.45) is 5.73 Å². The van der Waals surface area contributed by atoms with E-state index in [-0.39, 0.29) is 0 Å². The van der Waals surface area contributed by atoms with Crippen LogP contribution in [-0.2, 0) is 11.2 Å². The van der Waals surface area contributed by atoms with Crippen LogP contribution < -0.4 is 10.5 Å². The number of aryl methyl sites for hydroxylation is 4. The molecule has 31 heavy (non-hydrogen) atoms. The summed E-state index contributed by atoms with van der Waals surface area (Å²) in [5, 5.41) is 16.9. The average Bonchev–Trinajstić information content (AvgIpc) is 2.80. The number of phenolic OH excluding ortho intramolecular Hbond substituents is 1. The molecule has 0 radical (unpaired) electrons. The molecule has 0 saturated carbocycles. The molecule has 0 aliphatic rings. The lowest BCUT2D eigenvalue weighted by atomic mass is 10.0. The maximum Gasteiger partial charge on any atom is 0.137 e. The molecule has 1 atom stereocenters. The van der Waals surface area contributed by atoms with Gasteiger partial charge in [0.1, 0.15) is 23.5 Å². The van der Waals surface area contributed by atoms with E-state index in [1.54, 1.807) is 0 Å². The van der Waals surface area contributed by atoms with Gasteiger partial charge in [-0.15, -0.1) is 0 Å². The Kier molecular flexibility index (Phi) is 21.0. The first kappa shape index (κ1) is 33.3. The van der Waals surface area contributed by atoms with Gasteiger partial charge < -0.3 is 25.5 Å². The molecule has 2 rings (SSSR count). The number of nitrogens with two attached hydrogens (primary N) is 1.